The van der Waals surface area contributed by atoms with E-state index in [0.29, 0.717) is 35.4 Å². The molecule has 0 aliphatic rings. The van der Waals surface area contributed by atoms with E-state index in [1.807, 2.05) is 19.0 Å². The SMILES string of the molecule is CNc1cc(C(=O)N(CCN(C)C)CC(C)C)c(Cl)cn1. The number of aromatic nitrogens is 1. The molecule has 1 heterocycles. The Balaban J connectivity index is 2.97. The molecule has 5 nitrogen and oxygen atoms in total. The summed E-state index contributed by atoms with van der Waals surface area (Å²) >= 11 is 6.14. The van der Waals surface area contributed by atoms with Crippen molar-refractivity contribution in [1.29, 1.82) is 0 Å². The fourth-order valence-electron chi connectivity index (χ4n) is 1.95. The van der Waals surface area contributed by atoms with Crippen LogP contribution in [-0.2, 0) is 0 Å². The average Bonchev–Trinajstić information content (AvgIpc) is 2.42. The highest BCUT2D eigenvalue weighted by Crippen LogP contribution is 2.20. The normalized spacial score (nSPS) is 11.0. The second-order valence-corrected chi connectivity index (χ2v) is 6.15. The molecule has 0 bridgehead atoms. The first-order chi connectivity index (χ1) is 9.85. The van der Waals surface area contributed by atoms with E-state index in [1.165, 1.54) is 6.20 Å². The van der Waals surface area contributed by atoms with Crippen LogP contribution in [0.15, 0.2) is 12.3 Å². The van der Waals surface area contributed by atoms with Gasteiger partial charge in [-0.25, -0.2) is 4.98 Å². The summed E-state index contributed by atoms with van der Waals surface area (Å²) in [6.45, 7) is 6.41. The highest BCUT2D eigenvalue weighted by Gasteiger charge is 2.20. The molecular weight excluding hydrogens is 288 g/mol. The molecule has 0 radical (unpaired) electrons. The molecule has 1 rings (SSSR count). The van der Waals surface area contributed by atoms with Crippen molar-refractivity contribution >= 4 is 23.3 Å². The summed E-state index contributed by atoms with van der Waals surface area (Å²) in [5.74, 6) is 0.995. The largest absolute Gasteiger partial charge is 0.373 e. The topological polar surface area (TPSA) is 48.5 Å². The van der Waals surface area contributed by atoms with E-state index in [0.717, 1.165) is 6.54 Å². The lowest BCUT2D eigenvalue weighted by Gasteiger charge is -2.26. The molecule has 0 spiro atoms. The van der Waals surface area contributed by atoms with Crippen LogP contribution in [0.1, 0.15) is 24.2 Å². The van der Waals surface area contributed by atoms with Gasteiger partial charge in [-0.2, -0.15) is 0 Å². The van der Waals surface area contributed by atoms with Gasteiger partial charge in [0.1, 0.15) is 5.82 Å². The van der Waals surface area contributed by atoms with Crippen molar-refractivity contribution in [3.63, 3.8) is 0 Å². The smallest absolute Gasteiger partial charge is 0.255 e. The Kier molecular flexibility index (Phi) is 6.92. The molecular formula is C15H25ClN4O. The first kappa shape index (κ1) is 17.7. The van der Waals surface area contributed by atoms with Crippen LogP contribution < -0.4 is 5.32 Å². The molecule has 0 atom stereocenters. The van der Waals surface area contributed by atoms with Crippen molar-refractivity contribution < 1.29 is 4.79 Å². The zero-order chi connectivity index (χ0) is 16.0. The van der Waals surface area contributed by atoms with Gasteiger partial charge in [0.2, 0.25) is 0 Å². The standard InChI is InChI=1S/C15H25ClN4O/c1-11(2)10-20(7-6-19(4)5)15(21)12-8-14(17-3)18-9-13(12)16/h8-9,11H,6-7,10H2,1-5H3,(H,17,18). The number of nitrogens with zero attached hydrogens (tertiary/aromatic N) is 3. The first-order valence-corrected chi connectivity index (χ1v) is 7.50. The van der Waals surface area contributed by atoms with Gasteiger partial charge in [-0.1, -0.05) is 25.4 Å². The number of nitrogens with one attached hydrogen (secondary N) is 1. The summed E-state index contributed by atoms with van der Waals surface area (Å²) in [7, 11) is 5.76. The molecule has 118 valence electrons. The number of carbonyl (C=O) groups is 1. The third-order valence-corrected chi connectivity index (χ3v) is 3.33. The number of hydrogen-bond acceptors (Lipinski definition) is 4. The number of rotatable bonds is 7. The highest BCUT2D eigenvalue weighted by molar-refractivity contribution is 6.33. The van der Waals surface area contributed by atoms with Crippen LogP contribution in [0.4, 0.5) is 5.82 Å². The summed E-state index contributed by atoms with van der Waals surface area (Å²) in [4.78, 5) is 20.8. The number of hydrogen-bond donors (Lipinski definition) is 1. The molecule has 0 unspecified atom stereocenters. The van der Waals surface area contributed by atoms with Crippen molar-refractivity contribution in [2.45, 2.75) is 13.8 Å². The van der Waals surface area contributed by atoms with E-state index in [2.05, 4.69) is 29.0 Å². The molecule has 1 amide bonds. The van der Waals surface area contributed by atoms with Crippen molar-refractivity contribution in [2.24, 2.45) is 5.92 Å². The number of halogens is 1. The minimum atomic E-state index is -0.0468. The zero-order valence-corrected chi connectivity index (χ0v) is 14.2. The Labute approximate surface area is 132 Å². The third-order valence-electron chi connectivity index (χ3n) is 3.03. The number of amides is 1. The van der Waals surface area contributed by atoms with E-state index in [9.17, 15) is 4.79 Å². The molecule has 1 aromatic rings. The molecule has 0 aromatic carbocycles. The van der Waals surface area contributed by atoms with Crippen LogP contribution >= 0.6 is 11.6 Å². The van der Waals surface area contributed by atoms with Crippen LogP contribution in [-0.4, -0.2) is 61.5 Å². The van der Waals surface area contributed by atoms with Crippen molar-refractivity contribution in [2.75, 3.05) is 46.1 Å². The Hall–Kier alpha value is -1.33. The lowest BCUT2D eigenvalue weighted by Crippen LogP contribution is -2.39. The summed E-state index contributed by atoms with van der Waals surface area (Å²) in [6, 6.07) is 1.70. The van der Waals surface area contributed by atoms with Crippen LogP contribution in [0.3, 0.4) is 0 Å². The third kappa shape index (κ3) is 5.52. The minimum Gasteiger partial charge on any atom is -0.373 e. The molecule has 1 N–H and O–H groups in total. The van der Waals surface area contributed by atoms with Gasteiger partial charge in [0, 0.05) is 32.9 Å². The maximum absolute atomic E-state index is 12.7. The number of pyridine rings is 1. The zero-order valence-electron chi connectivity index (χ0n) is 13.5. The molecule has 0 fully saturated rings. The average molecular weight is 313 g/mol. The Morgan fingerprint density at radius 2 is 2.05 bits per heavy atom. The summed E-state index contributed by atoms with van der Waals surface area (Å²) in [6.07, 6.45) is 1.51. The van der Waals surface area contributed by atoms with E-state index < -0.39 is 0 Å². The van der Waals surface area contributed by atoms with Crippen molar-refractivity contribution in [3.8, 4) is 0 Å². The predicted molar refractivity (Wildman–Crippen MR) is 88.1 cm³/mol. The van der Waals surface area contributed by atoms with Crippen LogP contribution in [0, 0.1) is 5.92 Å². The molecule has 0 saturated heterocycles. The first-order valence-electron chi connectivity index (χ1n) is 7.12. The van der Waals surface area contributed by atoms with Crippen LogP contribution in [0.5, 0.6) is 0 Å². The molecule has 21 heavy (non-hydrogen) atoms. The quantitative estimate of drug-likeness (QED) is 0.840. The van der Waals surface area contributed by atoms with E-state index in [4.69, 9.17) is 11.6 Å². The maximum Gasteiger partial charge on any atom is 0.255 e. The maximum atomic E-state index is 12.7. The Morgan fingerprint density at radius 3 is 2.57 bits per heavy atom. The highest BCUT2D eigenvalue weighted by atomic mass is 35.5. The Bertz CT molecular complexity index is 477. The van der Waals surface area contributed by atoms with Crippen molar-refractivity contribution in [3.05, 3.63) is 22.8 Å². The fraction of sp³-hybridized carbons (Fsp3) is 0.600. The van der Waals surface area contributed by atoms with Gasteiger partial charge >= 0.3 is 0 Å². The van der Waals surface area contributed by atoms with Gasteiger partial charge in [0.25, 0.3) is 5.91 Å². The van der Waals surface area contributed by atoms with Crippen LogP contribution in [0.2, 0.25) is 5.02 Å². The van der Waals surface area contributed by atoms with Gasteiger partial charge in [0.05, 0.1) is 10.6 Å². The van der Waals surface area contributed by atoms with Gasteiger partial charge < -0.3 is 15.1 Å². The summed E-state index contributed by atoms with van der Waals surface area (Å²) < 4.78 is 0. The lowest BCUT2D eigenvalue weighted by molar-refractivity contribution is 0.0725. The molecule has 6 heteroatoms. The second-order valence-electron chi connectivity index (χ2n) is 5.75. The minimum absolute atomic E-state index is 0.0468. The van der Waals surface area contributed by atoms with Gasteiger partial charge in [-0.3, -0.25) is 4.79 Å². The molecule has 0 aliphatic carbocycles. The van der Waals surface area contributed by atoms with Crippen LogP contribution in [0.25, 0.3) is 0 Å². The van der Waals surface area contributed by atoms with Crippen molar-refractivity contribution in [1.82, 2.24) is 14.8 Å². The van der Waals surface area contributed by atoms with Gasteiger partial charge in [0.15, 0.2) is 0 Å². The lowest BCUT2D eigenvalue weighted by atomic mass is 10.1. The van der Waals surface area contributed by atoms with Gasteiger partial charge in [-0.15, -0.1) is 0 Å². The number of anilines is 1. The molecule has 1 aromatic heterocycles. The number of carbonyl (C=O) groups excluding carboxylic acids is 1. The summed E-state index contributed by atoms with van der Waals surface area (Å²) in [5, 5.41) is 3.32. The summed E-state index contributed by atoms with van der Waals surface area (Å²) in [5.41, 5.74) is 0.496. The van der Waals surface area contributed by atoms with E-state index >= 15 is 0 Å². The molecule has 0 aliphatic heterocycles. The fourth-order valence-corrected chi connectivity index (χ4v) is 2.13. The number of likely N-dealkylation sites (N-methyl/N-ethyl adjacent to an activating group) is 1. The van der Waals surface area contributed by atoms with E-state index in [-0.39, 0.29) is 5.91 Å². The Morgan fingerprint density at radius 1 is 1.38 bits per heavy atom. The van der Waals surface area contributed by atoms with E-state index in [1.54, 1.807) is 13.1 Å². The molecule has 0 saturated carbocycles. The van der Waals surface area contributed by atoms with Gasteiger partial charge in [-0.05, 0) is 26.1 Å². The second kappa shape index (κ2) is 8.20. The predicted octanol–water partition coefficient (Wildman–Crippen LogP) is 2.44. The monoisotopic (exact) mass is 312 g/mol.